The molecule has 0 radical (unpaired) electrons. The first-order valence-electron chi connectivity index (χ1n) is 8.44. The molecule has 0 saturated heterocycles. The molecular formula is C20H25N3O2. The van der Waals surface area contributed by atoms with Crippen molar-refractivity contribution in [2.24, 2.45) is 0 Å². The third-order valence-corrected chi connectivity index (χ3v) is 4.09. The highest BCUT2D eigenvalue weighted by atomic mass is 16.2. The van der Waals surface area contributed by atoms with E-state index in [0.717, 1.165) is 11.4 Å². The maximum absolute atomic E-state index is 12.3. The van der Waals surface area contributed by atoms with Crippen LogP contribution >= 0.6 is 0 Å². The quantitative estimate of drug-likeness (QED) is 0.876. The van der Waals surface area contributed by atoms with Gasteiger partial charge in [0.15, 0.2) is 0 Å². The van der Waals surface area contributed by atoms with Crippen LogP contribution in [0.25, 0.3) is 0 Å². The Kier molecular flexibility index (Phi) is 6.17. The third kappa shape index (κ3) is 4.59. The predicted octanol–water partition coefficient (Wildman–Crippen LogP) is 3.49. The van der Waals surface area contributed by atoms with Gasteiger partial charge in [-0.3, -0.25) is 9.59 Å². The van der Waals surface area contributed by atoms with E-state index >= 15 is 0 Å². The van der Waals surface area contributed by atoms with Crippen LogP contribution in [-0.4, -0.2) is 43.9 Å². The van der Waals surface area contributed by atoms with E-state index in [1.165, 1.54) is 0 Å². The molecule has 25 heavy (non-hydrogen) atoms. The van der Waals surface area contributed by atoms with E-state index in [4.69, 9.17) is 0 Å². The van der Waals surface area contributed by atoms with Gasteiger partial charge in [-0.15, -0.1) is 0 Å². The van der Waals surface area contributed by atoms with E-state index < -0.39 is 0 Å². The summed E-state index contributed by atoms with van der Waals surface area (Å²) in [7, 11) is 3.93. The Labute approximate surface area is 149 Å². The fourth-order valence-electron chi connectivity index (χ4n) is 2.50. The number of hydrogen-bond donors (Lipinski definition) is 1. The molecule has 5 nitrogen and oxygen atoms in total. The minimum absolute atomic E-state index is 0.0174. The van der Waals surface area contributed by atoms with E-state index in [2.05, 4.69) is 5.32 Å². The largest absolute Gasteiger partial charge is 0.378 e. The lowest BCUT2D eigenvalue weighted by molar-refractivity contribution is 0.0772. The van der Waals surface area contributed by atoms with Crippen molar-refractivity contribution in [2.45, 2.75) is 13.8 Å². The molecule has 0 aliphatic carbocycles. The number of carbonyl (C=O) groups excluding carboxylic acids is 2. The average molecular weight is 339 g/mol. The van der Waals surface area contributed by atoms with Gasteiger partial charge in [0.1, 0.15) is 0 Å². The number of anilines is 2. The summed E-state index contributed by atoms with van der Waals surface area (Å²) in [6.45, 7) is 5.23. The van der Waals surface area contributed by atoms with Crippen LogP contribution in [0.15, 0.2) is 48.5 Å². The summed E-state index contributed by atoms with van der Waals surface area (Å²) < 4.78 is 0. The molecule has 0 spiro atoms. The summed E-state index contributed by atoms with van der Waals surface area (Å²) in [6, 6.07) is 14.4. The van der Waals surface area contributed by atoms with Crippen LogP contribution < -0.4 is 10.2 Å². The molecule has 0 bridgehead atoms. The van der Waals surface area contributed by atoms with Gasteiger partial charge >= 0.3 is 0 Å². The van der Waals surface area contributed by atoms with Gasteiger partial charge in [0.2, 0.25) is 0 Å². The standard InChI is InChI=1S/C20H25N3O2/c1-5-23(6-2)20(25)16-9-7-15(8-10-16)19(24)21-17-11-13-18(14-12-17)22(3)4/h7-14H,5-6H2,1-4H3,(H,21,24). The first-order valence-corrected chi connectivity index (χ1v) is 8.44. The molecule has 0 saturated carbocycles. The van der Waals surface area contributed by atoms with E-state index in [1.807, 2.05) is 57.1 Å². The summed E-state index contributed by atoms with van der Waals surface area (Å²) in [5.74, 6) is -0.212. The molecule has 1 N–H and O–H groups in total. The van der Waals surface area contributed by atoms with E-state index in [0.29, 0.717) is 24.2 Å². The molecule has 0 atom stereocenters. The van der Waals surface area contributed by atoms with Crippen molar-refractivity contribution in [1.29, 1.82) is 0 Å². The van der Waals surface area contributed by atoms with Gasteiger partial charge in [-0.05, 0) is 62.4 Å². The van der Waals surface area contributed by atoms with Gasteiger partial charge in [0.25, 0.3) is 11.8 Å². The van der Waals surface area contributed by atoms with E-state index in [-0.39, 0.29) is 11.8 Å². The van der Waals surface area contributed by atoms with Crippen molar-refractivity contribution in [3.05, 3.63) is 59.7 Å². The zero-order valence-corrected chi connectivity index (χ0v) is 15.2. The summed E-state index contributed by atoms with van der Waals surface area (Å²) in [4.78, 5) is 28.4. The predicted molar refractivity (Wildman–Crippen MR) is 102 cm³/mol. The molecular weight excluding hydrogens is 314 g/mol. The van der Waals surface area contributed by atoms with Crippen molar-refractivity contribution >= 4 is 23.2 Å². The summed E-state index contributed by atoms with van der Waals surface area (Å²) in [6.07, 6.45) is 0. The Morgan fingerprint density at radius 1 is 0.840 bits per heavy atom. The second-order valence-electron chi connectivity index (χ2n) is 5.95. The fraction of sp³-hybridized carbons (Fsp3) is 0.300. The van der Waals surface area contributed by atoms with Crippen LogP contribution in [0, 0.1) is 0 Å². The second kappa shape index (κ2) is 8.33. The van der Waals surface area contributed by atoms with Gasteiger partial charge in [-0.2, -0.15) is 0 Å². The normalized spacial score (nSPS) is 10.2. The van der Waals surface area contributed by atoms with Crippen LogP contribution in [0.1, 0.15) is 34.6 Å². The maximum atomic E-state index is 12.3. The lowest BCUT2D eigenvalue weighted by Gasteiger charge is -2.18. The van der Waals surface area contributed by atoms with Crippen LogP contribution in [0.2, 0.25) is 0 Å². The number of nitrogens with zero attached hydrogens (tertiary/aromatic N) is 2. The van der Waals surface area contributed by atoms with E-state index in [9.17, 15) is 9.59 Å². The molecule has 0 unspecified atom stereocenters. The Hall–Kier alpha value is -2.82. The molecule has 2 aromatic rings. The monoisotopic (exact) mass is 339 g/mol. The number of amides is 2. The zero-order chi connectivity index (χ0) is 18.4. The smallest absolute Gasteiger partial charge is 0.255 e. The van der Waals surface area contributed by atoms with Gasteiger partial charge in [-0.1, -0.05) is 0 Å². The number of hydrogen-bond acceptors (Lipinski definition) is 3. The lowest BCUT2D eigenvalue weighted by Crippen LogP contribution is -2.30. The van der Waals surface area contributed by atoms with Crippen molar-refractivity contribution in [3.8, 4) is 0 Å². The van der Waals surface area contributed by atoms with Crippen LogP contribution in [0.4, 0.5) is 11.4 Å². The minimum Gasteiger partial charge on any atom is -0.378 e. The fourth-order valence-corrected chi connectivity index (χ4v) is 2.50. The van der Waals surface area contributed by atoms with Gasteiger partial charge < -0.3 is 15.1 Å². The lowest BCUT2D eigenvalue weighted by atomic mass is 10.1. The summed E-state index contributed by atoms with van der Waals surface area (Å²) in [5.41, 5.74) is 2.92. The van der Waals surface area contributed by atoms with Gasteiger partial charge in [-0.25, -0.2) is 0 Å². The maximum Gasteiger partial charge on any atom is 0.255 e. The number of carbonyl (C=O) groups is 2. The molecule has 0 fully saturated rings. The van der Waals surface area contributed by atoms with Crippen molar-refractivity contribution in [2.75, 3.05) is 37.4 Å². The molecule has 0 aliphatic rings. The highest BCUT2D eigenvalue weighted by molar-refractivity contribution is 6.05. The van der Waals surface area contributed by atoms with Gasteiger partial charge in [0, 0.05) is 49.7 Å². The van der Waals surface area contributed by atoms with Gasteiger partial charge in [0.05, 0.1) is 0 Å². The van der Waals surface area contributed by atoms with Crippen molar-refractivity contribution in [1.82, 2.24) is 4.90 Å². The minimum atomic E-state index is -0.195. The number of benzene rings is 2. The van der Waals surface area contributed by atoms with Crippen molar-refractivity contribution in [3.63, 3.8) is 0 Å². The SMILES string of the molecule is CCN(CC)C(=O)c1ccc(C(=O)Nc2ccc(N(C)C)cc2)cc1. The molecule has 2 amide bonds. The molecule has 0 aromatic heterocycles. The topological polar surface area (TPSA) is 52.7 Å². The Morgan fingerprint density at radius 3 is 1.84 bits per heavy atom. The van der Waals surface area contributed by atoms with Crippen LogP contribution in [-0.2, 0) is 0 Å². The summed E-state index contributed by atoms with van der Waals surface area (Å²) >= 11 is 0. The highest BCUT2D eigenvalue weighted by Crippen LogP contribution is 2.17. The van der Waals surface area contributed by atoms with E-state index in [1.54, 1.807) is 29.2 Å². The molecule has 2 rings (SSSR count). The number of nitrogens with one attached hydrogen (secondary N) is 1. The average Bonchev–Trinajstić information content (AvgIpc) is 2.63. The number of rotatable bonds is 6. The van der Waals surface area contributed by atoms with Crippen molar-refractivity contribution < 1.29 is 9.59 Å². The molecule has 0 aliphatic heterocycles. The zero-order valence-electron chi connectivity index (χ0n) is 15.2. The molecule has 132 valence electrons. The molecule has 5 heteroatoms. The Balaban J connectivity index is 2.06. The Bertz CT molecular complexity index is 718. The molecule has 2 aromatic carbocycles. The first kappa shape index (κ1) is 18.5. The highest BCUT2D eigenvalue weighted by Gasteiger charge is 2.13. The van der Waals surface area contributed by atoms with Crippen LogP contribution in [0.5, 0.6) is 0 Å². The Morgan fingerprint density at radius 2 is 1.36 bits per heavy atom. The third-order valence-electron chi connectivity index (χ3n) is 4.09. The first-order chi connectivity index (χ1) is 12.0. The second-order valence-corrected chi connectivity index (χ2v) is 5.95. The summed E-state index contributed by atoms with van der Waals surface area (Å²) in [5, 5.41) is 2.87. The molecule has 0 heterocycles. The van der Waals surface area contributed by atoms with Crippen LogP contribution in [0.3, 0.4) is 0 Å².